The third-order valence-electron chi connectivity index (χ3n) is 4.94. The molecule has 0 bridgehead atoms. The number of aliphatic hydroxyl groups excluding tert-OH is 1. The third-order valence-corrected chi connectivity index (χ3v) is 5.19. The minimum atomic E-state index is -0.924. The lowest BCUT2D eigenvalue weighted by Gasteiger charge is -2.32. The maximum atomic E-state index is 13.5. The molecule has 3 aromatic carbocycles. The molecule has 5 nitrogen and oxygen atoms in total. The van der Waals surface area contributed by atoms with Crippen molar-refractivity contribution < 1.29 is 19.1 Å². The highest BCUT2D eigenvalue weighted by Gasteiger charge is 2.31. The summed E-state index contributed by atoms with van der Waals surface area (Å²) in [5, 5.41) is 12.4. The predicted octanol–water partition coefficient (Wildman–Crippen LogP) is 3.90. The molecule has 3 aromatic rings. The molecule has 0 aliphatic carbocycles. The van der Waals surface area contributed by atoms with Crippen LogP contribution in [0.15, 0.2) is 78.9 Å². The minimum absolute atomic E-state index is 0.0645. The molecule has 0 fully saturated rings. The summed E-state index contributed by atoms with van der Waals surface area (Å²) in [5.41, 5.74) is 2.08. The van der Waals surface area contributed by atoms with Gasteiger partial charge in [-0.2, -0.15) is 0 Å². The van der Waals surface area contributed by atoms with E-state index >= 15 is 0 Å². The number of nitrogens with one attached hydrogen (secondary N) is 1. The molecule has 2 amide bonds. The van der Waals surface area contributed by atoms with Crippen molar-refractivity contribution in [3.63, 3.8) is 0 Å². The summed E-state index contributed by atoms with van der Waals surface area (Å²) in [6, 6.07) is 20.8. The fourth-order valence-electron chi connectivity index (χ4n) is 3.37. The predicted molar refractivity (Wildman–Crippen MR) is 121 cm³/mol. The zero-order chi connectivity index (χ0) is 22.9. The van der Waals surface area contributed by atoms with Gasteiger partial charge < -0.3 is 15.3 Å². The number of carbonyl (C=O) groups excluding carboxylic acids is 2. The summed E-state index contributed by atoms with van der Waals surface area (Å²) in [6.07, 6.45) is 0.0645. The Hall–Kier alpha value is -3.22. The first-order chi connectivity index (χ1) is 15.5. The van der Waals surface area contributed by atoms with Crippen molar-refractivity contribution in [2.75, 3.05) is 13.2 Å². The van der Waals surface area contributed by atoms with Crippen molar-refractivity contribution in [2.45, 2.75) is 19.0 Å². The normalized spacial score (nSPS) is 11.6. The lowest BCUT2D eigenvalue weighted by Crippen LogP contribution is -2.44. The van der Waals surface area contributed by atoms with E-state index in [0.717, 1.165) is 5.56 Å². The molecule has 166 valence electrons. The van der Waals surface area contributed by atoms with E-state index in [9.17, 15) is 14.0 Å². The fraction of sp³-hybridized carbons (Fsp3) is 0.200. The highest BCUT2D eigenvalue weighted by Crippen LogP contribution is 2.25. The van der Waals surface area contributed by atoms with Gasteiger partial charge in [-0.05, 0) is 41.0 Å². The summed E-state index contributed by atoms with van der Waals surface area (Å²) < 4.78 is 13.4. The van der Waals surface area contributed by atoms with Gasteiger partial charge in [0.1, 0.15) is 11.9 Å². The first kappa shape index (κ1) is 23.4. The molecule has 3 rings (SSSR count). The summed E-state index contributed by atoms with van der Waals surface area (Å²) >= 11 is 5.95. The smallest absolute Gasteiger partial charge is 0.247 e. The minimum Gasteiger partial charge on any atom is -0.395 e. The molecule has 0 unspecified atom stereocenters. The van der Waals surface area contributed by atoms with Gasteiger partial charge in [-0.3, -0.25) is 9.59 Å². The third kappa shape index (κ3) is 6.39. The van der Waals surface area contributed by atoms with Crippen molar-refractivity contribution in [3.8, 4) is 0 Å². The van der Waals surface area contributed by atoms with Gasteiger partial charge in [-0.15, -0.1) is 0 Å². The number of halogens is 2. The number of carbonyl (C=O) groups is 2. The van der Waals surface area contributed by atoms with E-state index in [0.29, 0.717) is 16.1 Å². The van der Waals surface area contributed by atoms with Gasteiger partial charge in [0.2, 0.25) is 11.8 Å². The Labute approximate surface area is 191 Å². The van der Waals surface area contributed by atoms with Crippen LogP contribution in [0, 0.1) is 5.82 Å². The Bertz CT molecular complexity index is 1030. The number of hydrogen-bond acceptors (Lipinski definition) is 3. The fourth-order valence-corrected chi connectivity index (χ4v) is 3.50. The van der Waals surface area contributed by atoms with E-state index in [1.165, 1.54) is 17.0 Å². The number of amides is 2. The lowest BCUT2D eigenvalue weighted by atomic mass is 10.0. The molecule has 1 atom stereocenters. The zero-order valence-corrected chi connectivity index (χ0v) is 18.1. The van der Waals surface area contributed by atoms with Crippen LogP contribution in [0.2, 0.25) is 5.02 Å². The van der Waals surface area contributed by atoms with E-state index in [-0.39, 0.29) is 37.8 Å². The van der Waals surface area contributed by atoms with Crippen LogP contribution in [-0.2, 0) is 22.6 Å². The molecule has 0 spiro atoms. The van der Waals surface area contributed by atoms with Gasteiger partial charge in [-0.1, -0.05) is 66.2 Å². The van der Waals surface area contributed by atoms with Crippen LogP contribution in [-0.4, -0.2) is 35.0 Å². The number of hydrogen-bond donors (Lipinski definition) is 2. The van der Waals surface area contributed by atoms with Gasteiger partial charge in [0.15, 0.2) is 0 Å². The van der Waals surface area contributed by atoms with Crippen LogP contribution in [0.1, 0.15) is 22.7 Å². The van der Waals surface area contributed by atoms with Gasteiger partial charge in [0.25, 0.3) is 0 Å². The molecule has 0 radical (unpaired) electrons. The molecule has 0 heterocycles. The molecular weight excluding hydrogens is 431 g/mol. The maximum Gasteiger partial charge on any atom is 0.247 e. The summed E-state index contributed by atoms with van der Waals surface area (Å²) in [4.78, 5) is 28.0. The first-order valence-corrected chi connectivity index (χ1v) is 10.6. The van der Waals surface area contributed by atoms with Crippen LogP contribution in [0.5, 0.6) is 0 Å². The average Bonchev–Trinajstić information content (AvgIpc) is 2.80. The molecule has 32 heavy (non-hydrogen) atoms. The van der Waals surface area contributed by atoms with E-state index in [1.807, 2.05) is 6.07 Å². The van der Waals surface area contributed by atoms with Crippen LogP contribution in [0.4, 0.5) is 4.39 Å². The summed E-state index contributed by atoms with van der Waals surface area (Å²) in [5.74, 6) is -1.06. The average molecular weight is 455 g/mol. The monoisotopic (exact) mass is 454 g/mol. The number of aliphatic hydroxyl groups is 1. The van der Waals surface area contributed by atoms with E-state index < -0.39 is 11.9 Å². The van der Waals surface area contributed by atoms with Crippen molar-refractivity contribution >= 4 is 23.4 Å². The number of benzene rings is 3. The first-order valence-electron chi connectivity index (χ1n) is 10.2. The Morgan fingerprint density at radius 3 is 2.19 bits per heavy atom. The molecule has 0 aliphatic rings. The van der Waals surface area contributed by atoms with Crippen molar-refractivity contribution in [1.29, 1.82) is 0 Å². The standard InChI is InChI=1S/C25H24ClFN2O3/c26-21-10-6-18(7-11-21)16-23(31)29(17-19-8-12-22(27)13-9-19)24(25(32)28-14-15-30)20-4-2-1-3-5-20/h1-13,24,30H,14-17H2,(H,28,32)/t24-/m0/s1. The van der Waals surface area contributed by atoms with E-state index in [4.69, 9.17) is 16.7 Å². The largest absolute Gasteiger partial charge is 0.395 e. The number of rotatable bonds is 9. The highest BCUT2D eigenvalue weighted by molar-refractivity contribution is 6.30. The Balaban J connectivity index is 1.97. The SMILES string of the molecule is O=C(NCCO)[C@H](c1ccccc1)N(Cc1ccc(F)cc1)C(=O)Cc1ccc(Cl)cc1. The van der Waals surface area contributed by atoms with E-state index in [2.05, 4.69) is 5.32 Å². The van der Waals surface area contributed by atoms with Gasteiger partial charge in [0, 0.05) is 18.1 Å². The topological polar surface area (TPSA) is 69.6 Å². The Morgan fingerprint density at radius 2 is 1.56 bits per heavy atom. The van der Waals surface area contributed by atoms with Crippen LogP contribution < -0.4 is 5.32 Å². The second kappa shape index (κ2) is 11.4. The molecular formula is C25H24ClFN2O3. The maximum absolute atomic E-state index is 13.5. The van der Waals surface area contributed by atoms with E-state index in [1.54, 1.807) is 60.7 Å². The second-order valence-electron chi connectivity index (χ2n) is 7.28. The molecule has 7 heteroatoms. The number of nitrogens with zero attached hydrogens (tertiary/aromatic N) is 1. The second-order valence-corrected chi connectivity index (χ2v) is 7.72. The van der Waals surface area contributed by atoms with Crippen LogP contribution >= 0.6 is 11.6 Å². The zero-order valence-electron chi connectivity index (χ0n) is 17.4. The van der Waals surface area contributed by atoms with Gasteiger partial charge in [-0.25, -0.2) is 4.39 Å². The highest BCUT2D eigenvalue weighted by atomic mass is 35.5. The lowest BCUT2D eigenvalue weighted by molar-refractivity contribution is -0.141. The Kier molecular flexibility index (Phi) is 8.36. The van der Waals surface area contributed by atoms with Crippen molar-refractivity contribution in [1.82, 2.24) is 10.2 Å². The molecule has 2 N–H and O–H groups in total. The van der Waals surface area contributed by atoms with Crippen LogP contribution in [0.25, 0.3) is 0 Å². The van der Waals surface area contributed by atoms with Crippen molar-refractivity contribution in [2.24, 2.45) is 0 Å². The van der Waals surface area contributed by atoms with Crippen LogP contribution in [0.3, 0.4) is 0 Å². The molecule has 0 aromatic heterocycles. The van der Waals surface area contributed by atoms with Gasteiger partial charge >= 0.3 is 0 Å². The van der Waals surface area contributed by atoms with Crippen molar-refractivity contribution in [3.05, 3.63) is 106 Å². The Morgan fingerprint density at radius 1 is 0.938 bits per heavy atom. The molecule has 0 saturated heterocycles. The molecule has 0 saturated carbocycles. The summed E-state index contributed by atoms with van der Waals surface area (Å²) in [7, 11) is 0. The summed E-state index contributed by atoms with van der Waals surface area (Å²) in [6.45, 7) is -0.0410. The quantitative estimate of drug-likeness (QED) is 0.515. The molecule has 0 aliphatic heterocycles. The van der Waals surface area contributed by atoms with Gasteiger partial charge in [0.05, 0.1) is 13.0 Å².